The summed E-state index contributed by atoms with van der Waals surface area (Å²) in [7, 11) is 0. The molecule has 0 amide bonds. The molecule has 0 unspecified atom stereocenters. The van der Waals surface area contributed by atoms with Crippen LogP contribution in [0.1, 0.15) is 34.1 Å². The Labute approximate surface area is 70.1 Å². The van der Waals surface area contributed by atoms with Gasteiger partial charge in [-0.1, -0.05) is 33.8 Å². The summed E-state index contributed by atoms with van der Waals surface area (Å²) in [5, 5.41) is 9.64. The largest absolute Gasteiger partial charge is 0.393 e. The average Bonchev–Trinajstić information content (AvgIpc) is 1.85. The van der Waals surface area contributed by atoms with E-state index >= 15 is 0 Å². The lowest BCUT2D eigenvalue weighted by Crippen LogP contribution is -2.27. The SMILES string of the molecule is C=C[C@@H](C)C[C@@H](O)C(C)(C)C. The maximum absolute atomic E-state index is 9.64. The standard InChI is InChI=1S/C10H20O/c1-6-8(2)7-9(11)10(3,4)5/h6,8-9,11H,1,7H2,2-5H3/t8-,9-/m1/s1. The van der Waals surface area contributed by atoms with Crippen molar-refractivity contribution in [3.63, 3.8) is 0 Å². The fourth-order valence-corrected chi connectivity index (χ4v) is 0.802. The van der Waals surface area contributed by atoms with Crippen molar-refractivity contribution in [3.8, 4) is 0 Å². The maximum atomic E-state index is 9.64. The van der Waals surface area contributed by atoms with Gasteiger partial charge in [-0.15, -0.1) is 6.58 Å². The van der Waals surface area contributed by atoms with E-state index in [1.807, 2.05) is 26.8 Å². The molecule has 1 nitrogen and oxygen atoms in total. The summed E-state index contributed by atoms with van der Waals surface area (Å²) >= 11 is 0. The molecule has 0 heterocycles. The monoisotopic (exact) mass is 156 g/mol. The van der Waals surface area contributed by atoms with E-state index < -0.39 is 0 Å². The van der Waals surface area contributed by atoms with Gasteiger partial charge in [0, 0.05) is 0 Å². The molecule has 0 bridgehead atoms. The molecule has 0 rings (SSSR count). The molecule has 0 aromatic rings. The molecule has 0 aromatic heterocycles. The predicted octanol–water partition coefficient (Wildman–Crippen LogP) is 2.61. The Morgan fingerprint density at radius 1 is 1.45 bits per heavy atom. The molecule has 2 atom stereocenters. The van der Waals surface area contributed by atoms with Crippen LogP contribution in [-0.2, 0) is 0 Å². The van der Waals surface area contributed by atoms with E-state index in [2.05, 4.69) is 13.5 Å². The lowest BCUT2D eigenvalue weighted by molar-refractivity contribution is 0.0480. The Kier molecular flexibility index (Phi) is 3.81. The minimum atomic E-state index is -0.226. The first-order chi connectivity index (χ1) is 4.88. The number of hydrogen-bond donors (Lipinski definition) is 1. The second kappa shape index (κ2) is 3.91. The molecule has 0 spiro atoms. The molecule has 0 aliphatic rings. The van der Waals surface area contributed by atoms with Crippen molar-refractivity contribution >= 4 is 0 Å². The molecule has 66 valence electrons. The lowest BCUT2D eigenvalue weighted by Gasteiger charge is -2.27. The third kappa shape index (κ3) is 4.20. The van der Waals surface area contributed by atoms with E-state index in [0.717, 1.165) is 6.42 Å². The molecule has 0 fully saturated rings. The molecule has 1 N–H and O–H groups in total. The highest BCUT2D eigenvalue weighted by Gasteiger charge is 2.22. The highest BCUT2D eigenvalue weighted by atomic mass is 16.3. The highest BCUT2D eigenvalue weighted by Crippen LogP contribution is 2.24. The zero-order valence-electron chi connectivity index (χ0n) is 8.09. The van der Waals surface area contributed by atoms with E-state index in [4.69, 9.17) is 0 Å². The zero-order chi connectivity index (χ0) is 9.07. The predicted molar refractivity (Wildman–Crippen MR) is 49.4 cm³/mol. The van der Waals surface area contributed by atoms with Crippen LogP contribution in [0.2, 0.25) is 0 Å². The van der Waals surface area contributed by atoms with Crippen LogP contribution in [0.5, 0.6) is 0 Å². The summed E-state index contributed by atoms with van der Waals surface area (Å²) in [5.74, 6) is 0.407. The molecule has 0 aromatic carbocycles. The third-order valence-electron chi connectivity index (χ3n) is 2.00. The second-order valence-electron chi connectivity index (χ2n) is 4.33. The van der Waals surface area contributed by atoms with Gasteiger partial charge in [0.25, 0.3) is 0 Å². The smallest absolute Gasteiger partial charge is 0.0594 e. The van der Waals surface area contributed by atoms with Crippen LogP contribution in [0.25, 0.3) is 0 Å². The minimum absolute atomic E-state index is 0.00271. The van der Waals surface area contributed by atoms with Crippen molar-refractivity contribution < 1.29 is 5.11 Å². The number of aliphatic hydroxyl groups is 1. The van der Waals surface area contributed by atoms with Crippen molar-refractivity contribution in [3.05, 3.63) is 12.7 Å². The number of allylic oxidation sites excluding steroid dienone is 1. The topological polar surface area (TPSA) is 20.2 Å². The molecular weight excluding hydrogens is 136 g/mol. The van der Waals surface area contributed by atoms with Crippen molar-refractivity contribution in [1.29, 1.82) is 0 Å². The lowest BCUT2D eigenvalue weighted by atomic mass is 9.84. The number of rotatable bonds is 3. The van der Waals surface area contributed by atoms with Crippen LogP contribution in [0, 0.1) is 11.3 Å². The number of aliphatic hydroxyl groups excluding tert-OH is 1. The van der Waals surface area contributed by atoms with E-state index in [9.17, 15) is 5.11 Å². The maximum Gasteiger partial charge on any atom is 0.0594 e. The Morgan fingerprint density at radius 3 is 2.18 bits per heavy atom. The van der Waals surface area contributed by atoms with Gasteiger partial charge in [-0.2, -0.15) is 0 Å². The third-order valence-corrected chi connectivity index (χ3v) is 2.00. The van der Waals surface area contributed by atoms with E-state index in [-0.39, 0.29) is 11.5 Å². The summed E-state index contributed by atoms with van der Waals surface area (Å²) in [6.45, 7) is 11.9. The van der Waals surface area contributed by atoms with Gasteiger partial charge >= 0.3 is 0 Å². The van der Waals surface area contributed by atoms with Crippen LogP contribution in [0.15, 0.2) is 12.7 Å². The highest BCUT2D eigenvalue weighted by molar-refractivity contribution is 4.81. The Hall–Kier alpha value is -0.300. The van der Waals surface area contributed by atoms with Gasteiger partial charge in [-0.05, 0) is 17.8 Å². The minimum Gasteiger partial charge on any atom is -0.393 e. The van der Waals surface area contributed by atoms with Gasteiger partial charge in [-0.25, -0.2) is 0 Å². The summed E-state index contributed by atoms with van der Waals surface area (Å²) < 4.78 is 0. The normalized spacial score (nSPS) is 17.5. The van der Waals surface area contributed by atoms with Crippen molar-refractivity contribution in [2.24, 2.45) is 11.3 Å². The summed E-state index contributed by atoms with van der Waals surface area (Å²) in [4.78, 5) is 0. The second-order valence-corrected chi connectivity index (χ2v) is 4.33. The summed E-state index contributed by atoms with van der Waals surface area (Å²) in [5.41, 5.74) is -0.00271. The van der Waals surface area contributed by atoms with Crippen molar-refractivity contribution in [2.45, 2.75) is 40.2 Å². The van der Waals surface area contributed by atoms with Gasteiger partial charge in [0.1, 0.15) is 0 Å². The first-order valence-electron chi connectivity index (χ1n) is 4.18. The van der Waals surface area contributed by atoms with E-state index in [1.54, 1.807) is 0 Å². The van der Waals surface area contributed by atoms with Gasteiger partial charge < -0.3 is 5.11 Å². The van der Waals surface area contributed by atoms with Crippen LogP contribution >= 0.6 is 0 Å². The Balaban J connectivity index is 3.87. The quantitative estimate of drug-likeness (QED) is 0.623. The van der Waals surface area contributed by atoms with Crippen molar-refractivity contribution in [2.75, 3.05) is 0 Å². The zero-order valence-corrected chi connectivity index (χ0v) is 8.09. The van der Waals surface area contributed by atoms with Crippen LogP contribution < -0.4 is 0 Å². The molecule has 1 heteroatoms. The van der Waals surface area contributed by atoms with Gasteiger partial charge in [0.2, 0.25) is 0 Å². The van der Waals surface area contributed by atoms with E-state index in [0.29, 0.717) is 5.92 Å². The molecule has 0 saturated heterocycles. The van der Waals surface area contributed by atoms with Gasteiger partial charge in [0.15, 0.2) is 0 Å². The van der Waals surface area contributed by atoms with E-state index in [1.165, 1.54) is 0 Å². The molecule has 0 saturated carbocycles. The van der Waals surface area contributed by atoms with Crippen LogP contribution in [-0.4, -0.2) is 11.2 Å². The molecule has 0 radical (unpaired) electrons. The van der Waals surface area contributed by atoms with Gasteiger partial charge in [-0.3, -0.25) is 0 Å². The van der Waals surface area contributed by atoms with Crippen molar-refractivity contribution in [1.82, 2.24) is 0 Å². The molecule has 0 aliphatic carbocycles. The van der Waals surface area contributed by atoms with Crippen LogP contribution in [0.3, 0.4) is 0 Å². The first kappa shape index (κ1) is 10.7. The van der Waals surface area contributed by atoms with Gasteiger partial charge in [0.05, 0.1) is 6.10 Å². The first-order valence-corrected chi connectivity index (χ1v) is 4.18. The fraction of sp³-hybridized carbons (Fsp3) is 0.800. The average molecular weight is 156 g/mol. The summed E-state index contributed by atoms with van der Waals surface area (Å²) in [6, 6.07) is 0. The van der Waals surface area contributed by atoms with Crippen LogP contribution in [0.4, 0.5) is 0 Å². The Morgan fingerprint density at radius 2 is 1.91 bits per heavy atom. The Bertz CT molecular complexity index is 121. The molecule has 0 aliphatic heterocycles. The molecular formula is C10H20O. The number of hydrogen-bond acceptors (Lipinski definition) is 1. The fourth-order valence-electron chi connectivity index (χ4n) is 0.802. The molecule has 11 heavy (non-hydrogen) atoms. The summed E-state index contributed by atoms with van der Waals surface area (Å²) in [6.07, 6.45) is 2.47.